The van der Waals surface area contributed by atoms with Crippen LogP contribution in [0, 0.1) is 0 Å². The monoisotopic (exact) mass is 228 g/mol. The lowest BCUT2D eigenvalue weighted by atomic mass is 10.1. The van der Waals surface area contributed by atoms with E-state index in [1.54, 1.807) is 24.3 Å². The molecule has 1 aromatic rings. The Kier molecular flexibility index (Phi) is 3.67. The second kappa shape index (κ2) is 4.78. The van der Waals surface area contributed by atoms with E-state index < -0.39 is 23.2 Å². The number of ether oxygens (including phenoxy) is 1. The molecule has 80 valence electrons. The Morgan fingerprint density at radius 1 is 1.13 bits per heavy atom. The molecule has 1 unspecified atom stereocenters. The molecule has 7 heteroatoms. The van der Waals surface area contributed by atoms with E-state index in [9.17, 15) is 9.59 Å². The van der Waals surface area contributed by atoms with Gasteiger partial charge < -0.3 is 9.29 Å². The number of carbonyl (C=O) groups is 2. The van der Waals surface area contributed by atoms with Crippen molar-refractivity contribution in [3.8, 4) is 0 Å². The van der Waals surface area contributed by atoms with E-state index in [1.807, 2.05) is 0 Å². The second-order valence-electron chi connectivity index (χ2n) is 2.48. The zero-order valence-electron chi connectivity index (χ0n) is 7.34. The molecule has 0 saturated carbocycles. The van der Waals surface area contributed by atoms with Crippen LogP contribution in [0.1, 0.15) is 20.7 Å². The quantitative estimate of drug-likeness (QED) is 0.373. The molecule has 2 rings (SSSR count). The minimum Gasteiger partial charge on any atom is -0.760 e. The van der Waals surface area contributed by atoms with Gasteiger partial charge in [0.15, 0.2) is 0 Å². The highest BCUT2D eigenvalue weighted by Crippen LogP contribution is 2.18. The molecule has 1 heterocycles. The molecule has 1 atom stereocenters. The summed E-state index contributed by atoms with van der Waals surface area (Å²) in [5.74, 6) is -1.10. The van der Waals surface area contributed by atoms with Gasteiger partial charge in [-0.3, -0.25) is 9.35 Å². The Bertz CT molecular complexity index is 394. The summed E-state index contributed by atoms with van der Waals surface area (Å²) in [6, 6.07) is 6.53. The SMILES string of the molecule is NS(=O)[O-].O=C1OC(=O)c2ccccc21. The van der Waals surface area contributed by atoms with Crippen LogP contribution in [-0.4, -0.2) is 20.7 Å². The third-order valence-electron chi connectivity index (χ3n) is 1.55. The number of nitrogens with two attached hydrogens (primary N) is 1. The largest absolute Gasteiger partial charge is 0.760 e. The van der Waals surface area contributed by atoms with Crippen molar-refractivity contribution in [3.63, 3.8) is 0 Å². The van der Waals surface area contributed by atoms with Crippen LogP contribution in [-0.2, 0) is 16.0 Å². The van der Waals surface area contributed by atoms with Crippen LogP contribution in [0.3, 0.4) is 0 Å². The van der Waals surface area contributed by atoms with Crippen LogP contribution in [0.4, 0.5) is 0 Å². The Hall–Kier alpha value is -1.57. The molecular formula is C8H6NO5S-. The highest BCUT2D eigenvalue weighted by Gasteiger charge is 2.28. The van der Waals surface area contributed by atoms with E-state index in [1.165, 1.54) is 0 Å². The van der Waals surface area contributed by atoms with Gasteiger partial charge in [0.2, 0.25) is 0 Å². The molecule has 1 aliphatic rings. The Labute approximate surface area is 87.5 Å². The number of carbonyl (C=O) groups excluding carboxylic acids is 2. The van der Waals surface area contributed by atoms with E-state index in [-0.39, 0.29) is 0 Å². The van der Waals surface area contributed by atoms with E-state index >= 15 is 0 Å². The highest BCUT2D eigenvalue weighted by molar-refractivity contribution is 7.76. The lowest BCUT2D eigenvalue weighted by molar-refractivity contribution is 0.0444. The molecule has 0 radical (unpaired) electrons. The van der Waals surface area contributed by atoms with Gasteiger partial charge in [-0.25, -0.2) is 9.59 Å². The summed E-state index contributed by atoms with van der Waals surface area (Å²) < 4.78 is 21.9. The predicted molar refractivity (Wildman–Crippen MR) is 49.3 cm³/mol. The van der Waals surface area contributed by atoms with Crippen molar-refractivity contribution < 1.29 is 23.1 Å². The van der Waals surface area contributed by atoms with Crippen LogP contribution >= 0.6 is 0 Å². The third-order valence-corrected chi connectivity index (χ3v) is 1.55. The van der Waals surface area contributed by atoms with Crippen molar-refractivity contribution >= 4 is 23.2 Å². The average Bonchev–Trinajstić information content (AvgIpc) is 2.43. The minimum absolute atomic E-state index is 0.359. The third kappa shape index (κ3) is 2.94. The van der Waals surface area contributed by atoms with E-state index in [0.717, 1.165) is 0 Å². The van der Waals surface area contributed by atoms with Gasteiger partial charge >= 0.3 is 11.9 Å². The maximum Gasteiger partial charge on any atom is 0.346 e. The summed E-state index contributed by atoms with van der Waals surface area (Å²) in [6.45, 7) is 0. The van der Waals surface area contributed by atoms with Crippen LogP contribution in [0.25, 0.3) is 0 Å². The summed E-state index contributed by atoms with van der Waals surface area (Å²) in [7, 11) is 0. The van der Waals surface area contributed by atoms with Gasteiger partial charge in [-0.05, 0) is 12.1 Å². The fraction of sp³-hybridized carbons (Fsp3) is 0. The fourth-order valence-corrected chi connectivity index (χ4v) is 1.03. The molecule has 6 nitrogen and oxygen atoms in total. The average molecular weight is 228 g/mol. The molecule has 0 fully saturated rings. The van der Waals surface area contributed by atoms with Crippen molar-refractivity contribution in [1.29, 1.82) is 0 Å². The Morgan fingerprint density at radius 3 is 1.80 bits per heavy atom. The zero-order valence-corrected chi connectivity index (χ0v) is 8.15. The second-order valence-corrected chi connectivity index (χ2v) is 3.00. The summed E-state index contributed by atoms with van der Waals surface area (Å²) in [6.07, 6.45) is 0. The predicted octanol–water partition coefficient (Wildman–Crippen LogP) is -0.264. The molecule has 0 amide bonds. The first kappa shape index (κ1) is 11.5. The van der Waals surface area contributed by atoms with Crippen LogP contribution in [0.2, 0.25) is 0 Å². The summed E-state index contributed by atoms with van der Waals surface area (Å²) >= 11 is -2.36. The number of fused-ring (bicyclic) bond motifs is 1. The number of hydrogen-bond acceptors (Lipinski definition) is 5. The molecule has 0 spiro atoms. The minimum atomic E-state index is -2.36. The molecule has 0 bridgehead atoms. The lowest BCUT2D eigenvalue weighted by Crippen LogP contribution is -1.97. The van der Waals surface area contributed by atoms with Crippen LogP contribution < -0.4 is 5.14 Å². The molecule has 1 aromatic carbocycles. The molecule has 0 saturated heterocycles. The lowest BCUT2D eigenvalue weighted by Gasteiger charge is -1.86. The number of rotatable bonds is 0. The first-order chi connectivity index (χ1) is 7.02. The molecular weight excluding hydrogens is 222 g/mol. The van der Waals surface area contributed by atoms with E-state index in [2.05, 4.69) is 9.88 Å². The van der Waals surface area contributed by atoms with E-state index in [4.69, 9.17) is 8.76 Å². The van der Waals surface area contributed by atoms with Crippen molar-refractivity contribution in [3.05, 3.63) is 35.4 Å². The normalized spacial score (nSPS) is 14.8. The van der Waals surface area contributed by atoms with Crippen molar-refractivity contribution in [2.24, 2.45) is 5.14 Å². The van der Waals surface area contributed by atoms with Gasteiger partial charge in [0.1, 0.15) is 0 Å². The summed E-state index contributed by atoms with van der Waals surface area (Å²) in [5, 5.41) is 4.03. The molecule has 2 N–H and O–H groups in total. The maximum absolute atomic E-state index is 10.8. The first-order valence-electron chi connectivity index (χ1n) is 3.71. The van der Waals surface area contributed by atoms with Gasteiger partial charge in [-0.15, -0.1) is 0 Å². The number of hydrogen-bond donors (Lipinski definition) is 1. The fourth-order valence-electron chi connectivity index (χ4n) is 1.03. The number of benzene rings is 1. The van der Waals surface area contributed by atoms with Crippen molar-refractivity contribution in [1.82, 2.24) is 0 Å². The molecule has 15 heavy (non-hydrogen) atoms. The van der Waals surface area contributed by atoms with Gasteiger partial charge in [0, 0.05) is 11.3 Å². The standard InChI is InChI=1S/C8H4O3.H3NO2S/c9-7-5-3-1-2-4-6(5)8(10)11-7;1-4(2)3/h1-4H;1H2,(H,2,3)/p-1. The zero-order chi connectivity index (χ0) is 11.4. The van der Waals surface area contributed by atoms with Gasteiger partial charge in [0.25, 0.3) is 0 Å². The molecule has 1 aliphatic heterocycles. The molecule has 0 aromatic heterocycles. The highest BCUT2D eigenvalue weighted by atomic mass is 32.2. The number of cyclic esters (lactones) is 2. The maximum atomic E-state index is 10.8. The number of esters is 2. The first-order valence-corrected chi connectivity index (χ1v) is 4.85. The Balaban J connectivity index is 0.000000245. The van der Waals surface area contributed by atoms with Crippen LogP contribution in [0.5, 0.6) is 0 Å². The van der Waals surface area contributed by atoms with E-state index in [0.29, 0.717) is 11.1 Å². The summed E-state index contributed by atoms with van der Waals surface area (Å²) in [4.78, 5) is 21.7. The van der Waals surface area contributed by atoms with Crippen LogP contribution in [0.15, 0.2) is 24.3 Å². The summed E-state index contributed by atoms with van der Waals surface area (Å²) in [5.41, 5.74) is 0.718. The topological polar surface area (TPSA) is 110 Å². The van der Waals surface area contributed by atoms with Crippen molar-refractivity contribution in [2.75, 3.05) is 0 Å². The Morgan fingerprint density at radius 2 is 1.47 bits per heavy atom. The van der Waals surface area contributed by atoms with Gasteiger partial charge in [0.05, 0.1) is 11.1 Å². The van der Waals surface area contributed by atoms with Gasteiger partial charge in [-0.1, -0.05) is 12.1 Å². The molecule has 0 aliphatic carbocycles. The smallest absolute Gasteiger partial charge is 0.346 e. The van der Waals surface area contributed by atoms with Crippen molar-refractivity contribution in [2.45, 2.75) is 0 Å². The van der Waals surface area contributed by atoms with Gasteiger partial charge in [-0.2, -0.15) is 0 Å².